The van der Waals surface area contributed by atoms with Crippen LogP contribution < -0.4 is 5.32 Å². The molecule has 0 radical (unpaired) electrons. The van der Waals surface area contributed by atoms with E-state index >= 15 is 0 Å². The van der Waals surface area contributed by atoms with Crippen LogP contribution >= 0.6 is 11.3 Å². The van der Waals surface area contributed by atoms with E-state index in [9.17, 15) is 0 Å². The second-order valence-electron chi connectivity index (χ2n) is 3.37. The molecule has 0 spiro atoms. The zero-order valence-corrected chi connectivity index (χ0v) is 9.86. The number of rotatable bonds is 6. The SMILES string of the molecule is CCCCc1ccsc1C=CCNC. The Hall–Kier alpha value is -0.600. The van der Waals surface area contributed by atoms with Gasteiger partial charge < -0.3 is 5.32 Å². The molecule has 1 aromatic rings. The average molecular weight is 209 g/mol. The first-order valence-electron chi connectivity index (χ1n) is 5.26. The Bertz CT molecular complexity index is 276. The first kappa shape index (κ1) is 11.5. The van der Waals surface area contributed by atoms with Crippen LogP contribution in [0.25, 0.3) is 6.08 Å². The molecule has 0 aliphatic carbocycles. The first-order valence-corrected chi connectivity index (χ1v) is 6.14. The van der Waals surface area contributed by atoms with Gasteiger partial charge in [-0.25, -0.2) is 0 Å². The lowest BCUT2D eigenvalue weighted by atomic mass is 10.1. The minimum Gasteiger partial charge on any atom is -0.316 e. The number of likely N-dealkylation sites (N-methyl/N-ethyl adjacent to an activating group) is 1. The fraction of sp³-hybridized carbons (Fsp3) is 0.500. The van der Waals surface area contributed by atoms with Gasteiger partial charge in [0, 0.05) is 11.4 Å². The van der Waals surface area contributed by atoms with Gasteiger partial charge in [0.1, 0.15) is 0 Å². The molecule has 0 atom stereocenters. The molecular formula is C12H19NS. The van der Waals surface area contributed by atoms with Crippen LogP contribution in [-0.2, 0) is 6.42 Å². The van der Waals surface area contributed by atoms with Crippen molar-refractivity contribution in [2.45, 2.75) is 26.2 Å². The fourth-order valence-electron chi connectivity index (χ4n) is 1.35. The molecular weight excluding hydrogens is 190 g/mol. The third-order valence-electron chi connectivity index (χ3n) is 2.17. The smallest absolute Gasteiger partial charge is 0.0299 e. The zero-order chi connectivity index (χ0) is 10.2. The molecule has 0 bridgehead atoms. The zero-order valence-electron chi connectivity index (χ0n) is 9.05. The second kappa shape index (κ2) is 6.80. The Kier molecular flexibility index (Phi) is 5.57. The van der Waals surface area contributed by atoms with Crippen molar-refractivity contribution in [2.75, 3.05) is 13.6 Å². The van der Waals surface area contributed by atoms with E-state index in [0.29, 0.717) is 0 Å². The molecule has 0 saturated carbocycles. The number of nitrogens with one attached hydrogen (secondary N) is 1. The standard InChI is InChI=1S/C12H19NS/c1-3-4-6-11-8-10-14-12(11)7-5-9-13-2/h5,7-8,10,13H,3-4,6,9H2,1-2H3. The van der Waals surface area contributed by atoms with Crippen LogP contribution in [0.3, 0.4) is 0 Å². The third kappa shape index (κ3) is 3.64. The molecule has 1 N–H and O–H groups in total. The molecule has 1 aromatic heterocycles. The van der Waals surface area contributed by atoms with Crippen LogP contribution in [0.15, 0.2) is 17.5 Å². The predicted molar refractivity (Wildman–Crippen MR) is 65.9 cm³/mol. The van der Waals surface area contributed by atoms with E-state index in [-0.39, 0.29) is 0 Å². The molecule has 0 fully saturated rings. The fourth-order valence-corrected chi connectivity index (χ4v) is 2.23. The Labute approximate surface area is 90.9 Å². The highest BCUT2D eigenvalue weighted by molar-refractivity contribution is 7.11. The minimum absolute atomic E-state index is 0.950. The minimum atomic E-state index is 0.950. The first-order chi connectivity index (χ1) is 6.88. The molecule has 0 aliphatic rings. The summed E-state index contributed by atoms with van der Waals surface area (Å²) in [4.78, 5) is 1.42. The number of aryl methyl sites for hydroxylation is 1. The van der Waals surface area contributed by atoms with E-state index in [4.69, 9.17) is 0 Å². The number of thiophene rings is 1. The van der Waals surface area contributed by atoms with E-state index < -0.39 is 0 Å². The maximum atomic E-state index is 3.11. The third-order valence-corrected chi connectivity index (χ3v) is 3.10. The van der Waals surface area contributed by atoms with Gasteiger partial charge in [-0.3, -0.25) is 0 Å². The summed E-state index contributed by atoms with van der Waals surface area (Å²) in [6.07, 6.45) is 8.20. The molecule has 1 nitrogen and oxygen atoms in total. The highest BCUT2D eigenvalue weighted by Crippen LogP contribution is 2.20. The van der Waals surface area contributed by atoms with Crippen molar-refractivity contribution in [1.82, 2.24) is 5.32 Å². The summed E-state index contributed by atoms with van der Waals surface area (Å²) < 4.78 is 0. The van der Waals surface area contributed by atoms with Crippen molar-refractivity contribution < 1.29 is 0 Å². The monoisotopic (exact) mass is 209 g/mol. The van der Waals surface area contributed by atoms with E-state index in [1.807, 2.05) is 18.4 Å². The van der Waals surface area contributed by atoms with E-state index in [1.165, 1.54) is 29.7 Å². The Balaban J connectivity index is 2.53. The summed E-state index contributed by atoms with van der Waals surface area (Å²) in [5.74, 6) is 0. The Morgan fingerprint density at radius 3 is 3.07 bits per heavy atom. The predicted octanol–water partition coefficient (Wildman–Crippen LogP) is 3.32. The molecule has 0 unspecified atom stereocenters. The summed E-state index contributed by atoms with van der Waals surface area (Å²) >= 11 is 1.84. The molecule has 1 heterocycles. The molecule has 14 heavy (non-hydrogen) atoms. The molecule has 78 valence electrons. The lowest BCUT2D eigenvalue weighted by Crippen LogP contribution is -2.03. The van der Waals surface area contributed by atoms with E-state index in [1.54, 1.807) is 0 Å². The largest absolute Gasteiger partial charge is 0.316 e. The van der Waals surface area contributed by atoms with Crippen molar-refractivity contribution in [2.24, 2.45) is 0 Å². The molecule has 0 aromatic carbocycles. The highest BCUT2D eigenvalue weighted by atomic mass is 32.1. The summed E-state index contributed by atoms with van der Waals surface area (Å²) in [7, 11) is 1.97. The van der Waals surface area contributed by atoms with Gasteiger partial charge in [0.2, 0.25) is 0 Å². The van der Waals surface area contributed by atoms with Crippen molar-refractivity contribution in [3.05, 3.63) is 28.0 Å². The summed E-state index contributed by atoms with van der Waals surface area (Å²) in [5.41, 5.74) is 1.50. The molecule has 0 aliphatic heterocycles. The maximum Gasteiger partial charge on any atom is 0.0299 e. The Morgan fingerprint density at radius 1 is 1.50 bits per heavy atom. The van der Waals surface area contributed by atoms with Crippen molar-refractivity contribution >= 4 is 17.4 Å². The van der Waals surface area contributed by atoms with Gasteiger partial charge in [-0.05, 0) is 43.0 Å². The lowest BCUT2D eigenvalue weighted by Gasteiger charge is -1.97. The van der Waals surface area contributed by atoms with Gasteiger partial charge in [-0.2, -0.15) is 0 Å². The van der Waals surface area contributed by atoms with Gasteiger partial charge in [0.25, 0.3) is 0 Å². The van der Waals surface area contributed by atoms with Crippen LogP contribution in [0.2, 0.25) is 0 Å². The van der Waals surface area contributed by atoms with Crippen LogP contribution in [0, 0.1) is 0 Å². The summed E-state index contributed by atoms with van der Waals surface area (Å²) in [5, 5.41) is 5.30. The summed E-state index contributed by atoms with van der Waals surface area (Å²) in [6, 6.07) is 2.25. The van der Waals surface area contributed by atoms with Crippen LogP contribution in [0.1, 0.15) is 30.2 Å². The Morgan fingerprint density at radius 2 is 2.36 bits per heavy atom. The van der Waals surface area contributed by atoms with Crippen molar-refractivity contribution in [3.8, 4) is 0 Å². The highest BCUT2D eigenvalue weighted by Gasteiger charge is 1.99. The normalized spacial score (nSPS) is 11.3. The topological polar surface area (TPSA) is 12.0 Å². The van der Waals surface area contributed by atoms with Gasteiger partial charge in [-0.1, -0.05) is 19.4 Å². The van der Waals surface area contributed by atoms with Gasteiger partial charge in [-0.15, -0.1) is 11.3 Å². The average Bonchev–Trinajstić information content (AvgIpc) is 2.63. The lowest BCUT2D eigenvalue weighted by molar-refractivity contribution is 0.796. The van der Waals surface area contributed by atoms with Crippen LogP contribution in [-0.4, -0.2) is 13.6 Å². The maximum absolute atomic E-state index is 3.11. The number of hydrogen-bond donors (Lipinski definition) is 1. The van der Waals surface area contributed by atoms with Gasteiger partial charge in [0.05, 0.1) is 0 Å². The van der Waals surface area contributed by atoms with E-state index in [2.05, 4.69) is 35.8 Å². The second-order valence-corrected chi connectivity index (χ2v) is 4.32. The van der Waals surface area contributed by atoms with Crippen LogP contribution in [0.4, 0.5) is 0 Å². The van der Waals surface area contributed by atoms with Gasteiger partial charge in [0.15, 0.2) is 0 Å². The van der Waals surface area contributed by atoms with Crippen molar-refractivity contribution in [3.63, 3.8) is 0 Å². The quantitative estimate of drug-likeness (QED) is 0.758. The molecule has 2 heteroatoms. The number of hydrogen-bond acceptors (Lipinski definition) is 2. The summed E-state index contributed by atoms with van der Waals surface area (Å²) in [6.45, 7) is 3.19. The number of unbranched alkanes of at least 4 members (excludes halogenated alkanes) is 1. The molecule has 0 saturated heterocycles. The van der Waals surface area contributed by atoms with E-state index in [0.717, 1.165) is 6.54 Å². The molecule has 1 rings (SSSR count). The molecule has 0 amide bonds. The van der Waals surface area contributed by atoms with Crippen molar-refractivity contribution in [1.29, 1.82) is 0 Å². The van der Waals surface area contributed by atoms with Gasteiger partial charge >= 0.3 is 0 Å². The van der Waals surface area contributed by atoms with Crippen LogP contribution in [0.5, 0.6) is 0 Å².